The number of rotatable bonds is 3. The largest absolute Gasteiger partial charge is 0.416 e. The van der Waals surface area contributed by atoms with Crippen LogP contribution in [0.1, 0.15) is 42.9 Å². The number of ether oxygens (including phenoxy) is 1. The average Bonchev–Trinajstić information content (AvgIpc) is 3.34. The molecule has 0 N–H and O–H groups in total. The van der Waals surface area contributed by atoms with Crippen LogP contribution in [-0.2, 0) is 17.3 Å². The van der Waals surface area contributed by atoms with Crippen molar-refractivity contribution in [2.75, 3.05) is 6.61 Å². The van der Waals surface area contributed by atoms with Crippen molar-refractivity contribution in [3.05, 3.63) is 52.4 Å². The number of fused-ring (bicyclic) bond motifs is 3. The predicted octanol–water partition coefficient (Wildman–Crippen LogP) is 5.39. The van der Waals surface area contributed by atoms with Crippen molar-refractivity contribution in [2.24, 2.45) is 0 Å². The molecule has 1 saturated heterocycles. The summed E-state index contributed by atoms with van der Waals surface area (Å²) < 4.78 is 48.1. The molecule has 3 aromatic heterocycles. The van der Waals surface area contributed by atoms with E-state index in [0.29, 0.717) is 35.0 Å². The van der Waals surface area contributed by atoms with Crippen molar-refractivity contribution >= 4 is 33.3 Å². The van der Waals surface area contributed by atoms with Gasteiger partial charge in [-0.3, -0.25) is 4.98 Å². The molecule has 1 aromatic carbocycles. The fourth-order valence-corrected chi connectivity index (χ4v) is 4.77. The van der Waals surface area contributed by atoms with Crippen LogP contribution in [0, 0.1) is 0 Å². The van der Waals surface area contributed by atoms with E-state index in [2.05, 4.69) is 14.5 Å². The summed E-state index contributed by atoms with van der Waals surface area (Å²) in [6.07, 6.45) is -0.620. The van der Waals surface area contributed by atoms with Crippen LogP contribution in [-0.4, -0.2) is 32.2 Å². The molecule has 0 bridgehead atoms. The Morgan fingerprint density at radius 1 is 1.23 bits per heavy atom. The summed E-state index contributed by atoms with van der Waals surface area (Å²) in [6.45, 7) is 2.63. The topological polar surface area (TPSA) is 52.8 Å². The van der Waals surface area contributed by atoms with Crippen molar-refractivity contribution in [1.82, 2.24) is 19.5 Å². The first-order valence-electron chi connectivity index (χ1n) is 9.75. The second-order valence-corrected chi connectivity index (χ2v) is 8.35. The van der Waals surface area contributed by atoms with Crippen LogP contribution >= 0.6 is 11.3 Å². The SMILES string of the molecule is C[C@@H]1C[C@H](n2c(Cc3cscn3)nc3cnc4ccc(C(F)(F)F)cc4c32)CCO1. The zero-order valence-electron chi connectivity index (χ0n) is 16.2. The second kappa shape index (κ2) is 7.31. The fraction of sp³-hybridized carbons (Fsp3) is 0.381. The van der Waals surface area contributed by atoms with E-state index in [4.69, 9.17) is 9.72 Å². The van der Waals surface area contributed by atoms with Gasteiger partial charge in [-0.1, -0.05) is 0 Å². The fourth-order valence-electron chi connectivity index (χ4n) is 4.22. The molecule has 9 heteroatoms. The summed E-state index contributed by atoms with van der Waals surface area (Å²) in [4.78, 5) is 13.5. The third-order valence-corrected chi connectivity index (χ3v) is 6.20. The number of alkyl halides is 3. The van der Waals surface area contributed by atoms with Crippen molar-refractivity contribution in [3.63, 3.8) is 0 Å². The minimum absolute atomic E-state index is 0.0761. The lowest BCUT2D eigenvalue weighted by molar-refractivity contribution is -0.137. The molecule has 4 heterocycles. The molecule has 0 unspecified atom stereocenters. The van der Waals surface area contributed by atoms with E-state index in [1.807, 2.05) is 12.3 Å². The lowest BCUT2D eigenvalue weighted by Crippen LogP contribution is -2.26. The Morgan fingerprint density at radius 2 is 2.10 bits per heavy atom. The predicted molar refractivity (Wildman–Crippen MR) is 109 cm³/mol. The molecule has 0 saturated carbocycles. The Bertz CT molecular complexity index is 1200. The van der Waals surface area contributed by atoms with Crippen LogP contribution in [0.25, 0.3) is 21.9 Å². The number of imidazole rings is 1. The molecule has 1 aliphatic heterocycles. The van der Waals surface area contributed by atoms with E-state index in [0.717, 1.165) is 30.4 Å². The van der Waals surface area contributed by atoms with Crippen molar-refractivity contribution in [1.29, 1.82) is 0 Å². The Labute approximate surface area is 174 Å². The molecule has 1 aliphatic rings. The number of hydrogen-bond acceptors (Lipinski definition) is 5. The summed E-state index contributed by atoms with van der Waals surface area (Å²) in [7, 11) is 0. The van der Waals surface area contributed by atoms with Gasteiger partial charge in [0.05, 0.1) is 40.1 Å². The van der Waals surface area contributed by atoms with Crippen LogP contribution in [0.5, 0.6) is 0 Å². The average molecular weight is 432 g/mol. The summed E-state index contributed by atoms with van der Waals surface area (Å²) >= 11 is 1.51. The maximum Gasteiger partial charge on any atom is 0.416 e. The van der Waals surface area contributed by atoms with E-state index in [1.165, 1.54) is 23.5 Å². The molecule has 0 radical (unpaired) electrons. The first-order valence-corrected chi connectivity index (χ1v) is 10.7. The van der Waals surface area contributed by atoms with Crippen molar-refractivity contribution < 1.29 is 17.9 Å². The minimum atomic E-state index is -4.42. The molecular weight excluding hydrogens is 413 g/mol. The molecule has 5 rings (SSSR count). The normalized spacial score (nSPS) is 20.3. The van der Waals surface area contributed by atoms with E-state index >= 15 is 0 Å². The van der Waals surface area contributed by atoms with Crippen LogP contribution in [0.2, 0.25) is 0 Å². The van der Waals surface area contributed by atoms with E-state index in [-0.39, 0.29) is 12.1 Å². The highest BCUT2D eigenvalue weighted by molar-refractivity contribution is 7.07. The Kier molecular flexibility index (Phi) is 4.74. The van der Waals surface area contributed by atoms with Gasteiger partial charge in [0.15, 0.2) is 0 Å². The van der Waals surface area contributed by atoms with Gasteiger partial charge in [-0.05, 0) is 38.0 Å². The third kappa shape index (κ3) is 3.45. The highest BCUT2D eigenvalue weighted by Crippen LogP contribution is 2.37. The van der Waals surface area contributed by atoms with Gasteiger partial charge >= 0.3 is 6.18 Å². The Hall–Kier alpha value is -2.52. The van der Waals surface area contributed by atoms with Gasteiger partial charge in [-0.2, -0.15) is 13.2 Å². The van der Waals surface area contributed by atoms with Crippen LogP contribution in [0.4, 0.5) is 13.2 Å². The molecule has 30 heavy (non-hydrogen) atoms. The maximum absolute atomic E-state index is 13.4. The summed E-state index contributed by atoms with van der Waals surface area (Å²) in [6, 6.07) is 3.79. The molecule has 0 amide bonds. The number of hydrogen-bond donors (Lipinski definition) is 0. The van der Waals surface area contributed by atoms with Crippen molar-refractivity contribution in [3.8, 4) is 0 Å². The molecule has 2 atom stereocenters. The number of halogens is 3. The first-order chi connectivity index (χ1) is 14.4. The van der Waals surface area contributed by atoms with Crippen LogP contribution < -0.4 is 0 Å². The lowest BCUT2D eigenvalue weighted by atomic mass is 10.0. The minimum Gasteiger partial charge on any atom is -0.378 e. The quantitative estimate of drug-likeness (QED) is 0.436. The van der Waals surface area contributed by atoms with Crippen LogP contribution in [0.15, 0.2) is 35.3 Å². The second-order valence-electron chi connectivity index (χ2n) is 7.64. The summed E-state index contributed by atoms with van der Waals surface area (Å²) in [5.74, 6) is 0.793. The lowest BCUT2D eigenvalue weighted by Gasteiger charge is -2.30. The Morgan fingerprint density at radius 3 is 2.83 bits per heavy atom. The van der Waals surface area contributed by atoms with E-state index in [1.54, 1.807) is 11.7 Å². The zero-order valence-corrected chi connectivity index (χ0v) is 17.0. The Balaban J connectivity index is 1.76. The summed E-state index contributed by atoms with van der Waals surface area (Å²) in [5.41, 5.74) is 3.81. The molecule has 0 aliphatic carbocycles. The molecule has 1 fully saturated rings. The van der Waals surface area contributed by atoms with Gasteiger partial charge in [0.25, 0.3) is 0 Å². The van der Waals surface area contributed by atoms with Gasteiger partial charge in [-0.25, -0.2) is 9.97 Å². The number of nitrogens with zero attached hydrogens (tertiary/aromatic N) is 4. The molecule has 5 nitrogen and oxygen atoms in total. The highest BCUT2D eigenvalue weighted by atomic mass is 32.1. The number of aromatic nitrogens is 4. The molecule has 4 aromatic rings. The van der Waals surface area contributed by atoms with Crippen molar-refractivity contribution in [2.45, 2.75) is 44.5 Å². The molecule has 0 spiro atoms. The van der Waals surface area contributed by atoms with E-state index in [9.17, 15) is 13.2 Å². The van der Waals surface area contributed by atoms with Gasteiger partial charge in [0.2, 0.25) is 0 Å². The van der Waals surface area contributed by atoms with Gasteiger partial charge in [0.1, 0.15) is 11.3 Å². The van der Waals surface area contributed by atoms with E-state index < -0.39 is 11.7 Å². The molecule has 156 valence electrons. The van der Waals surface area contributed by atoms with Crippen LogP contribution in [0.3, 0.4) is 0 Å². The van der Waals surface area contributed by atoms with Gasteiger partial charge in [-0.15, -0.1) is 11.3 Å². The molecular formula is C21H19F3N4OS. The number of thiazole rings is 1. The standard InChI is InChI=1S/C21H19F3N4OS/c1-12-6-15(4-5-29-12)28-19(8-14-10-30-11-26-14)27-18-9-25-17-3-2-13(21(22,23)24)7-16(17)20(18)28/h2-3,7,9-12,15H,4-6,8H2,1H3/t12-,15-/m1/s1. The zero-order chi connectivity index (χ0) is 20.9. The first kappa shape index (κ1) is 19.4. The monoisotopic (exact) mass is 432 g/mol. The smallest absolute Gasteiger partial charge is 0.378 e. The van der Waals surface area contributed by atoms with Gasteiger partial charge < -0.3 is 9.30 Å². The summed E-state index contributed by atoms with van der Waals surface area (Å²) in [5, 5.41) is 2.44. The van der Waals surface area contributed by atoms with Gasteiger partial charge in [0, 0.05) is 29.8 Å². The third-order valence-electron chi connectivity index (χ3n) is 5.56. The maximum atomic E-state index is 13.4. The highest BCUT2D eigenvalue weighted by Gasteiger charge is 2.32. The number of benzene rings is 1. The number of pyridine rings is 1.